The van der Waals surface area contributed by atoms with Gasteiger partial charge in [0.1, 0.15) is 5.03 Å². The molecule has 0 fully saturated rings. The number of aryl methyl sites for hydroxylation is 1. The molecule has 1 aromatic heterocycles. The monoisotopic (exact) mass is 208 g/mol. The molecule has 14 heavy (non-hydrogen) atoms. The minimum Gasteiger partial charge on any atom is -0.324 e. The number of nitrogens with one attached hydrogen (secondary N) is 1. The van der Waals surface area contributed by atoms with Crippen molar-refractivity contribution in [3.05, 3.63) is 17.8 Å². The average Bonchev–Trinajstić information content (AvgIpc) is 2.27. The Labute approximate surface area is 87.3 Å². The van der Waals surface area contributed by atoms with Crippen LogP contribution < -0.4 is 5.32 Å². The molecule has 0 aliphatic carbocycles. The molecular weight excluding hydrogens is 196 g/mol. The summed E-state index contributed by atoms with van der Waals surface area (Å²) in [5.74, 6) is 0.938. The summed E-state index contributed by atoms with van der Waals surface area (Å²) in [5, 5.41) is 3.82. The van der Waals surface area contributed by atoms with Gasteiger partial charge in [-0.05, 0) is 18.6 Å². The second-order valence-corrected chi connectivity index (χ2v) is 4.58. The lowest BCUT2D eigenvalue weighted by molar-refractivity contribution is -0.118. The first-order chi connectivity index (χ1) is 6.66. The van der Waals surface area contributed by atoms with E-state index in [0.29, 0.717) is 0 Å². The molecule has 2 rings (SSSR count). The van der Waals surface area contributed by atoms with E-state index < -0.39 is 0 Å². The molecule has 1 aliphatic heterocycles. The Morgan fingerprint density at radius 3 is 3.21 bits per heavy atom. The van der Waals surface area contributed by atoms with Gasteiger partial charge in [0.2, 0.25) is 5.91 Å². The van der Waals surface area contributed by atoms with Gasteiger partial charge in [0.05, 0.1) is 5.69 Å². The molecule has 3 nitrogen and oxygen atoms in total. The number of hydrogen-bond donors (Lipinski definition) is 1. The van der Waals surface area contributed by atoms with E-state index in [2.05, 4.69) is 10.3 Å². The summed E-state index contributed by atoms with van der Waals surface area (Å²) in [5.41, 5.74) is 1.92. The van der Waals surface area contributed by atoms with E-state index in [0.717, 1.165) is 22.0 Å². The van der Waals surface area contributed by atoms with Crippen molar-refractivity contribution in [2.24, 2.45) is 5.92 Å². The summed E-state index contributed by atoms with van der Waals surface area (Å²) in [4.78, 5) is 15.8. The molecule has 1 aromatic rings. The quantitative estimate of drug-likeness (QED) is 0.709. The van der Waals surface area contributed by atoms with Gasteiger partial charge in [-0.2, -0.15) is 0 Å². The van der Waals surface area contributed by atoms with Crippen molar-refractivity contribution < 1.29 is 4.79 Å². The second-order valence-electron chi connectivity index (χ2n) is 3.57. The topological polar surface area (TPSA) is 42.0 Å². The van der Waals surface area contributed by atoms with Crippen LogP contribution in [0, 0.1) is 12.8 Å². The highest BCUT2D eigenvalue weighted by Crippen LogP contribution is 2.30. The van der Waals surface area contributed by atoms with Crippen LogP contribution >= 0.6 is 11.8 Å². The van der Waals surface area contributed by atoms with Crippen molar-refractivity contribution in [1.82, 2.24) is 4.98 Å². The van der Waals surface area contributed by atoms with Crippen LogP contribution in [0.5, 0.6) is 0 Å². The van der Waals surface area contributed by atoms with Crippen LogP contribution in [-0.2, 0) is 4.79 Å². The van der Waals surface area contributed by atoms with Gasteiger partial charge in [-0.15, -0.1) is 11.8 Å². The molecule has 0 saturated heterocycles. The van der Waals surface area contributed by atoms with Crippen LogP contribution in [0.1, 0.15) is 12.5 Å². The van der Waals surface area contributed by atoms with Crippen molar-refractivity contribution in [3.8, 4) is 0 Å². The number of thioether (sulfide) groups is 1. The van der Waals surface area contributed by atoms with Gasteiger partial charge in [-0.25, -0.2) is 4.98 Å². The Morgan fingerprint density at radius 2 is 2.43 bits per heavy atom. The highest BCUT2D eigenvalue weighted by atomic mass is 32.2. The van der Waals surface area contributed by atoms with Gasteiger partial charge < -0.3 is 5.32 Å². The van der Waals surface area contributed by atoms with Gasteiger partial charge >= 0.3 is 0 Å². The third-order valence-corrected chi connectivity index (χ3v) is 3.43. The molecule has 2 heterocycles. The molecule has 0 aromatic carbocycles. The number of nitrogens with zero attached hydrogens (tertiary/aromatic N) is 1. The molecule has 1 atom stereocenters. The van der Waals surface area contributed by atoms with E-state index >= 15 is 0 Å². The van der Waals surface area contributed by atoms with E-state index in [4.69, 9.17) is 0 Å². The fraction of sp³-hybridized carbons (Fsp3) is 0.400. The molecule has 1 N–H and O–H groups in total. The normalized spacial score (nSPS) is 21.0. The Morgan fingerprint density at radius 1 is 1.64 bits per heavy atom. The van der Waals surface area contributed by atoms with Crippen molar-refractivity contribution in [2.45, 2.75) is 18.9 Å². The first-order valence-electron chi connectivity index (χ1n) is 4.57. The lowest BCUT2D eigenvalue weighted by Crippen LogP contribution is -2.20. The fourth-order valence-corrected chi connectivity index (χ4v) is 2.25. The highest BCUT2D eigenvalue weighted by Gasteiger charge is 2.20. The van der Waals surface area contributed by atoms with Crippen molar-refractivity contribution in [3.63, 3.8) is 0 Å². The zero-order chi connectivity index (χ0) is 10.1. The minimum atomic E-state index is 0.0505. The number of pyridine rings is 1. The van der Waals surface area contributed by atoms with E-state index in [9.17, 15) is 4.79 Å². The van der Waals surface area contributed by atoms with Crippen LogP contribution in [0.15, 0.2) is 17.3 Å². The van der Waals surface area contributed by atoms with E-state index in [1.807, 2.05) is 26.1 Å². The molecule has 4 heteroatoms. The Hall–Kier alpha value is -1.03. The van der Waals surface area contributed by atoms with Gasteiger partial charge in [-0.1, -0.05) is 6.92 Å². The number of hydrogen-bond acceptors (Lipinski definition) is 3. The van der Waals surface area contributed by atoms with Crippen molar-refractivity contribution in [2.75, 3.05) is 11.1 Å². The van der Waals surface area contributed by atoms with Crippen LogP contribution in [0.3, 0.4) is 0 Å². The Balaban J connectivity index is 2.38. The maximum absolute atomic E-state index is 11.5. The fourth-order valence-electron chi connectivity index (χ4n) is 1.30. The van der Waals surface area contributed by atoms with Gasteiger partial charge in [-0.3, -0.25) is 4.79 Å². The smallest absolute Gasteiger partial charge is 0.228 e. The maximum atomic E-state index is 11.5. The lowest BCUT2D eigenvalue weighted by Gasteiger charge is -2.06. The maximum Gasteiger partial charge on any atom is 0.228 e. The third kappa shape index (κ3) is 1.75. The first-order valence-corrected chi connectivity index (χ1v) is 5.55. The van der Waals surface area contributed by atoms with Crippen molar-refractivity contribution in [1.29, 1.82) is 0 Å². The van der Waals surface area contributed by atoms with Gasteiger partial charge in [0.15, 0.2) is 0 Å². The predicted molar refractivity (Wildman–Crippen MR) is 57.5 cm³/mol. The number of carbonyl (C=O) groups is 1. The lowest BCUT2D eigenvalue weighted by atomic mass is 10.2. The van der Waals surface area contributed by atoms with E-state index in [1.54, 1.807) is 11.8 Å². The summed E-state index contributed by atoms with van der Waals surface area (Å²) >= 11 is 1.64. The summed E-state index contributed by atoms with van der Waals surface area (Å²) in [6.07, 6.45) is 1.83. The number of amides is 1. The predicted octanol–water partition coefficient (Wildman–Crippen LogP) is 2.07. The first kappa shape index (κ1) is 9.52. The van der Waals surface area contributed by atoms with Crippen LogP contribution in [0.25, 0.3) is 0 Å². The Kier molecular flexibility index (Phi) is 2.46. The number of fused-ring (bicyclic) bond motifs is 1. The molecule has 0 radical (unpaired) electrons. The molecule has 0 spiro atoms. The molecule has 74 valence electrons. The number of carbonyl (C=O) groups excluding carboxylic acids is 1. The SMILES string of the molecule is Cc1cnc2c(c1)NC(=O)C(C)CS2. The second kappa shape index (κ2) is 3.61. The molecule has 0 saturated carbocycles. The summed E-state index contributed by atoms with van der Waals surface area (Å²) in [6, 6.07) is 1.96. The molecule has 1 aliphatic rings. The molecule has 1 amide bonds. The van der Waals surface area contributed by atoms with E-state index in [-0.39, 0.29) is 11.8 Å². The highest BCUT2D eigenvalue weighted by molar-refractivity contribution is 7.99. The average molecular weight is 208 g/mol. The largest absolute Gasteiger partial charge is 0.324 e. The van der Waals surface area contributed by atoms with Crippen LogP contribution in [0.2, 0.25) is 0 Å². The zero-order valence-electron chi connectivity index (χ0n) is 8.20. The minimum absolute atomic E-state index is 0.0505. The van der Waals surface area contributed by atoms with Gasteiger partial charge in [0, 0.05) is 17.9 Å². The number of rotatable bonds is 0. The number of anilines is 1. The van der Waals surface area contributed by atoms with Crippen LogP contribution in [0.4, 0.5) is 5.69 Å². The molecule has 1 unspecified atom stereocenters. The summed E-state index contributed by atoms with van der Waals surface area (Å²) in [6.45, 7) is 3.90. The zero-order valence-corrected chi connectivity index (χ0v) is 9.02. The van der Waals surface area contributed by atoms with Crippen molar-refractivity contribution >= 4 is 23.4 Å². The third-order valence-electron chi connectivity index (χ3n) is 2.16. The summed E-state index contributed by atoms with van der Waals surface area (Å²) in [7, 11) is 0. The molecule has 0 bridgehead atoms. The number of aromatic nitrogens is 1. The van der Waals surface area contributed by atoms with Crippen LogP contribution in [-0.4, -0.2) is 16.6 Å². The summed E-state index contributed by atoms with van der Waals surface area (Å²) < 4.78 is 0. The standard InChI is InChI=1S/C10H12N2OS/c1-6-3-8-10(11-4-6)14-5-7(2)9(13)12-8/h3-4,7H,5H2,1-2H3,(H,12,13). The van der Waals surface area contributed by atoms with E-state index in [1.165, 1.54) is 0 Å². The Bertz CT molecular complexity index is 378. The molecular formula is C10H12N2OS. The van der Waals surface area contributed by atoms with Gasteiger partial charge in [0.25, 0.3) is 0 Å².